The van der Waals surface area contributed by atoms with E-state index in [4.69, 9.17) is 0 Å². The quantitative estimate of drug-likeness (QED) is 0.625. The van der Waals surface area contributed by atoms with Crippen LogP contribution >= 0.6 is 23.5 Å². The minimum atomic E-state index is 0.820. The number of aryl methyl sites for hydroxylation is 1. The molecule has 88 valence electrons. The Bertz CT molecular complexity index is 503. The Morgan fingerprint density at radius 3 is 2.82 bits per heavy atom. The summed E-state index contributed by atoms with van der Waals surface area (Å²) in [6.45, 7) is 2.00. The minimum absolute atomic E-state index is 0.820. The van der Waals surface area contributed by atoms with Crippen LogP contribution in [0.2, 0.25) is 0 Å². The molecule has 0 unspecified atom stereocenters. The highest BCUT2D eigenvalue weighted by Crippen LogP contribution is 2.20. The molecule has 0 bridgehead atoms. The molecule has 0 atom stereocenters. The third-order valence-electron chi connectivity index (χ3n) is 2.10. The summed E-state index contributed by atoms with van der Waals surface area (Å²) in [5.41, 5.74) is 2.08. The molecule has 0 N–H and O–H groups in total. The number of hydrogen-bond donors (Lipinski definition) is 0. The van der Waals surface area contributed by atoms with Crippen LogP contribution in [0.25, 0.3) is 0 Å². The molecule has 0 radical (unpaired) electrons. The predicted octanol–water partition coefficient (Wildman–Crippen LogP) is 3.19. The van der Waals surface area contributed by atoms with Gasteiger partial charge in [0.2, 0.25) is 0 Å². The number of nitrogens with zero attached hydrogens (tertiary/aromatic N) is 3. The summed E-state index contributed by atoms with van der Waals surface area (Å²) >= 11 is 3.26. The van der Waals surface area contributed by atoms with Crippen molar-refractivity contribution in [2.45, 2.75) is 22.9 Å². The van der Waals surface area contributed by atoms with Gasteiger partial charge in [0, 0.05) is 17.6 Å². The lowest BCUT2D eigenvalue weighted by molar-refractivity contribution is 0.927. The van der Waals surface area contributed by atoms with Gasteiger partial charge >= 0.3 is 0 Å². The number of pyridine rings is 1. The van der Waals surface area contributed by atoms with Crippen LogP contribution < -0.4 is 0 Å². The molecule has 0 saturated heterocycles. The first-order valence-electron chi connectivity index (χ1n) is 5.20. The van der Waals surface area contributed by atoms with E-state index in [9.17, 15) is 0 Å². The van der Waals surface area contributed by atoms with Crippen LogP contribution in [0, 0.1) is 6.92 Å². The normalized spacial score (nSPS) is 10.5. The molecule has 2 aromatic heterocycles. The summed E-state index contributed by atoms with van der Waals surface area (Å²) in [7, 11) is 0. The molecule has 0 fully saturated rings. The van der Waals surface area contributed by atoms with E-state index in [-0.39, 0.29) is 0 Å². The Morgan fingerprint density at radius 2 is 2.06 bits per heavy atom. The van der Waals surface area contributed by atoms with Crippen LogP contribution in [0.3, 0.4) is 0 Å². The Hall–Kier alpha value is -1.07. The Kier molecular flexibility index (Phi) is 4.39. The van der Waals surface area contributed by atoms with Gasteiger partial charge in [-0.3, -0.25) is 0 Å². The van der Waals surface area contributed by atoms with Crippen molar-refractivity contribution < 1.29 is 0 Å². The van der Waals surface area contributed by atoms with Gasteiger partial charge in [0.05, 0.1) is 10.7 Å². The maximum Gasteiger partial charge on any atom is 0.187 e. The van der Waals surface area contributed by atoms with Crippen molar-refractivity contribution in [1.29, 1.82) is 0 Å². The highest BCUT2D eigenvalue weighted by Gasteiger charge is 2.01. The Morgan fingerprint density at radius 1 is 1.18 bits per heavy atom. The van der Waals surface area contributed by atoms with E-state index in [1.165, 1.54) is 0 Å². The monoisotopic (exact) mass is 263 g/mol. The van der Waals surface area contributed by atoms with Gasteiger partial charge in [0.25, 0.3) is 0 Å². The van der Waals surface area contributed by atoms with Crippen molar-refractivity contribution in [2.24, 2.45) is 0 Å². The molecule has 0 aliphatic heterocycles. The Labute approximate surface area is 109 Å². The minimum Gasteiger partial charge on any atom is -0.247 e. The molecule has 2 rings (SSSR count). The smallest absolute Gasteiger partial charge is 0.187 e. The van der Waals surface area contributed by atoms with Gasteiger partial charge in [-0.05, 0) is 31.4 Å². The summed E-state index contributed by atoms with van der Waals surface area (Å²) in [6, 6.07) is 8.00. The molecule has 3 nitrogen and oxygen atoms in total. The lowest BCUT2D eigenvalue weighted by atomic mass is 10.4. The summed E-state index contributed by atoms with van der Waals surface area (Å²) < 4.78 is 0. The average Bonchev–Trinajstić information content (AvgIpc) is 2.37. The van der Waals surface area contributed by atoms with Crippen molar-refractivity contribution >= 4 is 23.5 Å². The lowest BCUT2D eigenvalue weighted by Crippen LogP contribution is -1.92. The van der Waals surface area contributed by atoms with Gasteiger partial charge in [0.1, 0.15) is 0 Å². The van der Waals surface area contributed by atoms with Crippen molar-refractivity contribution in [3.05, 3.63) is 41.9 Å². The van der Waals surface area contributed by atoms with Crippen LogP contribution in [0.1, 0.15) is 11.4 Å². The van der Waals surface area contributed by atoms with Gasteiger partial charge in [0.15, 0.2) is 5.16 Å². The Balaban J connectivity index is 2.02. The maximum atomic E-state index is 4.45. The third-order valence-corrected chi connectivity index (χ3v) is 3.63. The molecular formula is C12H13N3S2. The number of hydrogen-bond acceptors (Lipinski definition) is 5. The maximum absolute atomic E-state index is 4.45. The van der Waals surface area contributed by atoms with Gasteiger partial charge in [-0.1, -0.05) is 17.8 Å². The van der Waals surface area contributed by atoms with Crippen LogP contribution in [0.15, 0.2) is 40.6 Å². The predicted molar refractivity (Wildman–Crippen MR) is 72.3 cm³/mol. The second kappa shape index (κ2) is 6.02. The van der Waals surface area contributed by atoms with Gasteiger partial charge in [-0.2, -0.15) is 0 Å². The van der Waals surface area contributed by atoms with E-state index < -0.39 is 0 Å². The summed E-state index contributed by atoms with van der Waals surface area (Å²) in [6.07, 6.45) is 3.78. The molecular weight excluding hydrogens is 250 g/mol. The largest absolute Gasteiger partial charge is 0.247 e. The zero-order valence-electron chi connectivity index (χ0n) is 9.75. The molecule has 0 amide bonds. The van der Waals surface area contributed by atoms with E-state index in [0.717, 1.165) is 27.3 Å². The highest BCUT2D eigenvalue weighted by molar-refractivity contribution is 7.98. The first-order valence-corrected chi connectivity index (χ1v) is 7.41. The number of thioether (sulfide) groups is 2. The van der Waals surface area contributed by atoms with Crippen molar-refractivity contribution in [2.75, 3.05) is 6.26 Å². The van der Waals surface area contributed by atoms with Crippen molar-refractivity contribution in [3.8, 4) is 0 Å². The second-order valence-electron chi connectivity index (χ2n) is 3.44. The van der Waals surface area contributed by atoms with Gasteiger partial charge in [-0.25, -0.2) is 15.0 Å². The molecule has 0 saturated carbocycles. The molecule has 2 aromatic rings. The summed E-state index contributed by atoms with van der Waals surface area (Å²) in [5, 5.41) is 1.86. The van der Waals surface area contributed by atoms with Crippen LogP contribution in [-0.2, 0) is 5.75 Å². The molecule has 0 aromatic carbocycles. The fourth-order valence-corrected chi connectivity index (χ4v) is 2.52. The summed E-state index contributed by atoms with van der Waals surface area (Å²) in [5.74, 6) is 0.826. The number of rotatable bonds is 4. The fraction of sp³-hybridized carbons (Fsp3) is 0.250. The van der Waals surface area contributed by atoms with Crippen LogP contribution in [0.4, 0.5) is 0 Å². The van der Waals surface area contributed by atoms with Crippen molar-refractivity contribution in [3.63, 3.8) is 0 Å². The van der Waals surface area contributed by atoms with E-state index >= 15 is 0 Å². The number of aromatic nitrogens is 3. The molecule has 5 heteroatoms. The van der Waals surface area contributed by atoms with Crippen molar-refractivity contribution in [1.82, 2.24) is 15.0 Å². The topological polar surface area (TPSA) is 38.7 Å². The first-order chi connectivity index (χ1) is 8.28. The van der Waals surface area contributed by atoms with E-state index in [1.807, 2.05) is 37.4 Å². The van der Waals surface area contributed by atoms with Gasteiger partial charge < -0.3 is 0 Å². The second-order valence-corrected chi connectivity index (χ2v) is 5.21. The molecule has 0 spiro atoms. The van der Waals surface area contributed by atoms with Crippen LogP contribution in [-0.4, -0.2) is 21.2 Å². The average molecular weight is 263 g/mol. The summed E-state index contributed by atoms with van der Waals surface area (Å²) in [4.78, 5) is 13.0. The van der Waals surface area contributed by atoms with Gasteiger partial charge in [-0.15, -0.1) is 11.8 Å². The molecule has 0 aliphatic rings. The van der Waals surface area contributed by atoms with E-state index in [1.54, 1.807) is 29.7 Å². The zero-order valence-corrected chi connectivity index (χ0v) is 11.4. The van der Waals surface area contributed by atoms with E-state index in [2.05, 4.69) is 15.0 Å². The zero-order chi connectivity index (χ0) is 12.1. The van der Waals surface area contributed by atoms with E-state index in [0.29, 0.717) is 0 Å². The SMILES string of the molecule is CSc1nccc(CSc2cccc(C)n2)n1. The third kappa shape index (κ3) is 3.71. The lowest BCUT2D eigenvalue weighted by Gasteiger charge is -2.02. The molecule has 2 heterocycles. The van der Waals surface area contributed by atoms with Crippen LogP contribution in [0.5, 0.6) is 0 Å². The molecule has 0 aliphatic carbocycles. The standard InChI is InChI=1S/C12H13N3S2/c1-9-4-3-5-11(14-9)17-8-10-6-7-13-12(15-10)16-2/h3-7H,8H2,1-2H3. The first kappa shape index (κ1) is 12.4. The fourth-order valence-electron chi connectivity index (χ4n) is 1.30. The highest BCUT2D eigenvalue weighted by atomic mass is 32.2. The molecule has 17 heavy (non-hydrogen) atoms.